The molecule has 0 radical (unpaired) electrons. The van der Waals surface area contributed by atoms with Gasteiger partial charge in [0.1, 0.15) is 22.8 Å². The minimum Gasteiger partial charge on any atom is -0.493 e. The molecule has 1 aromatic heterocycles. The number of hydrogen-bond donors (Lipinski definition) is 2. The number of nitrogens with one attached hydrogen (secondary N) is 1. The summed E-state index contributed by atoms with van der Waals surface area (Å²) in [5.41, 5.74) is -0.146. The first-order valence-corrected chi connectivity index (χ1v) is 11.4. The molecule has 2 fully saturated rings. The highest BCUT2D eigenvalue weighted by molar-refractivity contribution is 7.99. The van der Waals surface area contributed by atoms with Crippen LogP contribution < -0.4 is 10.3 Å². The van der Waals surface area contributed by atoms with Gasteiger partial charge in [-0.25, -0.2) is 9.37 Å². The molecule has 4 rings (SSSR count). The number of nitrogens with zero attached hydrogens (tertiary/aromatic N) is 1. The van der Waals surface area contributed by atoms with Gasteiger partial charge in [-0.05, 0) is 38.5 Å². The molecule has 2 N–H and O–H groups in total. The number of rotatable bonds is 6. The van der Waals surface area contributed by atoms with Crippen molar-refractivity contribution in [2.45, 2.75) is 55.6 Å². The van der Waals surface area contributed by atoms with Crippen LogP contribution in [0.4, 0.5) is 4.39 Å². The minimum atomic E-state index is -0.619. The Bertz CT molecular complexity index is 892. The van der Waals surface area contributed by atoms with Crippen molar-refractivity contribution < 1.29 is 19.0 Å². The quantitative estimate of drug-likeness (QED) is 0.742. The Balaban J connectivity index is 1.46. The fourth-order valence-corrected chi connectivity index (χ4v) is 5.10. The van der Waals surface area contributed by atoms with Crippen molar-refractivity contribution in [3.05, 3.63) is 34.1 Å². The number of halogens is 1. The number of benzene rings is 1. The Morgan fingerprint density at radius 1 is 1.28 bits per heavy atom. The van der Waals surface area contributed by atoms with E-state index in [2.05, 4.69) is 9.97 Å². The van der Waals surface area contributed by atoms with Gasteiger partial charge in [0.25, 0.3) is 5.56 Å². The van der Waals surface area contributed by atoms with Gasteiger partial charge in [-0.3, -0.25) is 4.79 Å². The van der Waals surface area contributed by atoms with Gasteiger partial charge in [-0.2, -0.15) is 11.8 Å². The van der Waals surface area contributed by atoms with Crippen LogP contribution in [0.1, 0.15) is 44.3 Å². The topological polar surface area (TPSA) is 84.4 Å². The number of aromatic nitrogens is 2. The molecule has 29 heavy (non-hydrogen) atoms. The highest BCUT2D eigenvalue weighted by Gasteiger charge is 2.20. The number of aliphatic hydroxyl groups is 1. The maximum Gasteiger partial charge on any atom is 0.261 e. The molecule has 0 spiro atoms. The van der Waals surface area contributed by atoms with Crippen molar-refractivity contribution in [3.63, 3.8) is 0 Å². The molecule has 2 heterocycles. The summed E-state index contributed by atoms with van der Waals surface area (Å²) in [5, 5.41) is 10.0. The largest absolute Gasteiger partial charge is 0.493 e. The molecule has 158 valence electrons. The lowest BCUT2D eigenvalue weighted by Gasteiger charge is -2.24. The third-order valence-electron chi connectivity index (χ3n) is 5.62. The van der Waals surface area contributed by atoms with Crippen molar-refractivity contribution in [2.75, 3.05) is 19.8 Å². The van der Waals surface area contributed by atoms with Crippen molar-refractivity contribution in [1.29, 1.82) is 0 Å². The van der Waals surface area contributed by atoms with E-state index in [1.165, 1.54) is 6.07 Å². The SMILES string of the molecule is O=c1[nH]c(CSC2CCC(O)CC2)nc2cc(OCC3CCCOC3)cc(F)c12. The Labute approximate surface area is 173 Å². The fourth-order valence-electron chi connectivity index (χ4n) is 3.96. The molecule has 1 saturated heterocycles. The molecule has 1 aromatic carbocycles. The Morgan fingerprint density at radius 3 is 2.86 bits per heavy atom. The summed E-state index contributed by atoms with van der Waals surface area (Å²) in [5.74, 6) is 1.16. The van der Waals surface area contributed by atoms with E-state index in [1.807, 2.05) is 0 Å². The molecule has 1 saturated carbocycles. The second-order valence-electron chi connectivity index (χ2n) is 7.95. The molecule has 0 amide bonds. The predicted octanol–water partition coefficient (Wildman–Crippen LogP) is 3.40. The van der Waals surface area contributed by atoms with E-state index >= 15 is 0 Å². The Hall–Kier alpha value is -1.64. The molecule has 0 bridgehead atoms. The molecule has 2 aromatic rings. The van der Waals surface area contributed by atoms with Crippen LogP contribution in [0.15, 0.2) is 16.9 Å². The third-order valence-corrected chi connectivity index (χ3v) is 7.01. The van der Waals surface area contributed by atoms with E-state index in [0.717, 1.165) is 45.1 Å². The number of H-pyrrole nitrogens is 1. The van der Waals surface area contributed by atoms with Gasteiger partial charge >= 0.3 is 0 Å². The van der Waals surface area contributed by atoms with Crippen LogP contribution in [0.25, 0.3) is 10.9 Å². The van der Waals surface area contributed by atoms with Gasteiger partial charge in [0.05, 0.1) is 30.6 Å². The van der Waals surface area contributed by atoms with Crippen molar-refractivity contribution in [1.82, 2.24) is 9.97 Å². The molecule has 1 aliphatic carbocycles. The zero-order valence-electron chi connectivity index (χ0n) is 16.4. The molecule has 6 nitrogen and oxygen atoms in total. The average Bonchev–Trinajstić information content (AvgIpc) is 2.72. The summed E-state index contributed by atoms with van der Waals surface area (Å²) < 4.78 is 25.8. The second kappa shape index (κ2) is 9.45. The van der Waals surface area contributed by atoms with Gasteiger partial charge in [0, 0.05) is 29.9 Å². The van der Waals surface area contributed by atoms with Crippen LogP contribution >= 0.6 is 11.8 Å². The zero-order valence-corrected chi connectivity index (χ0v) is 17.2. The van der Waals surface area contributed by atoms with Crippen LogP contribution in [-0.2, 0) is 10.5 Å². The van der Waals surface area contributed by atoms with Gasteiger partial charge in [0.2, 0.25) is 0 Å². The highest BCUT2D eigenvalue weighted by atomic mass is 32.2. The maximum absolute atomic E-state index is 14.5. The van der Waals surface area contributed by atoms with Crippen molar-refractivity contribution in [3.8, 4) is 5.75 Å². The minimum absolute atomic E-state index is 0.0344. The summed E-state index contributed by atoms with van der Waals surface area (Å²) in [6.45, 7) is 1.91. The summed E-state index contributed by atoms with van der Waals surface area (Å²) in [4.78, 5) is 19.6. The normalized spacial score (nSPS) is 25.2. The van der Waals surface area contributed by atoms with E-state index in [9.17, 15) is 14.3 Å². The standard InChI is InChI=1S/C21H27FN2O4S/c22-17-8-15(28-11-13-2-1-7-27-10-13)9-18-20(17)21(26)24-19(23-18)12-29-16-5-3-14(25)4-6-16/h8-9,13-14,16,25H,1-7,10-12H2,(H,23,24,26). The maximum atomic E-state index is 14.5. The lowest BCUT2D eigenvalue weighted by molar-refractivity contribution is 0.0352. The number of aliphatic hydroxyl groups excluding tert-OH is 1. The number of fused-ring (bicyclic) bond motifs is 1. The highest BCUT2D eigenvalue weighted by Crippen LogP contribution is 2.30. The lowest BCUT2D eigenvalue weighted by atomic mass is 9.97. The lowest BCUT2D eigenvalue weighted by Crippen LogP contribution is -2.23. The van der Waals surface area contributed by atoms with Crippen molar-refractivity contribution in [2.24, 2.45) is 5.92 Å². The van der Waals surface area contributed by atoms with E-state index in [0.29, 0.717) is 47.2 Å². The first kappa shape index (κ1) is 20.6. The molecule has 1 unspecified atom stereocenters. The second-order valence-corrected chi connectivity index (χ2v) is 9.24. The van der Waals surface area contributed by atoms with Gasteiger partial charge in [-0.1, -0.05) is 0 Å². The Morgan fingerprint density at radius 2 is 2.10 bits per heavy atom. The van der Waals surface area contributed by atoms with E-state index in [4.69, 9.17) is 9.47 Å². The van der Waals surface area contributed by atoms with Gasteiger partial charge in [0.15, 0.2) is 0 Å². The number of aromatic amines is 1. The van der Waals surface area contributed by atoms with Crippen molar-refractivity contribution >= 4 is 22.7 Å². The Kier molecular flexibility index (Phi) is 6.72. The number of ether oxygens (including phenoxy) is 2. The van der Waals surface area contributed by atoms with Crippen LogP contribution in [0, 0.1) is 11.7 Å². The summed E-state index contributed by atoms with van der Waals surface area (Å²) >= 11 is 1.72. The summed E-state index contributed by atoms with van der Waals surface area (Å²) in [6.07, 6.45) is 5.41. The smallest absolute Gasteiger partial charge is 0.261 e. The molecule has 1 aliphatic heterocycles. The summed E-state index contributed by atoms with van der Waals surface area (Å²) in [7, 11) is 0. The molecule has 2 aliphatic rings. The van der Waals surface area contributed by atoms with E-state index in [-0.39, 0.29) is 11.5 Å². The molecule has 1 atom stereocenters. The fraction of sp³-hybridized carbons (Fsp3) is 0.619. The number of thioether (sulfide) groups is 1. The third kappa shape index (κ3) is 5.29. The number of hydrogen-bond acceptors (Lipinski definition) is 6. The molecular weight excluding hydrogens is 395 g/mol. The van der Waals surface area contributed by atoms with Gasteiger partial charge < -0.3 is 19.6 Å². The van der Waals surface area contributed by atoms with Crippen LogP contribution in [0.2, 0.25) is 0 Å². The first-order valence-electron chi connectivity index (χ1n) is 10.3. The molecular formula is C21H27FN2O4S. The predicted molar refractivity (Wildman–Crippen MR) is 111 cm³/mol. The van der Waals surface area contributed by atoms with Crippen LogP contribution in [-0.4, -0.2) is 46.2 Å². The van der Waals surface area contributed by atoms with Crippen LogP contribution in [0.3, 0.4) is 0 Å². The monoisotopic (exact) mass is 422 g/mol. The van der Waals surface area contributed by atoms with Crippen LogP contribution in [0.5, 0.6) is 5.75 Å². The first-order chi connectivity index (χ1) is 14.1. The van der Waals surface area contributed by atoms with E-state index in [1.54, 1.807) is 17.8 Å². The van der Waals surface area contributed by atoms with E-state index < -0.39 is 11.4 Å². The zero-order chi connectivity index (χ0) is 20.2. The molecule has 8 heteroatoms. The van der Waals surface area contributed by atoms with Gasteiger partial charge in [-0.15, -0.1) is 0 Å². The summed E-state index contributed by atoms with van der Waals surface area (Å²) in [6, 6.07) is 2.90. The average molecular weight is 423 g/mol.